The van der Waals surface area contributed by atoms with Crippen molar-refractivity contribution in [3.63, 3.8) is 0 Å². The Labute approximate surface area is 88.1 Å². The third-order valence-electron chi connectivity index (χ3n) is 1.97. The van der Waals surface area contributed by atoms with Gasteiger partial charge in [0.25, 0.3) is 0 Å². The maximum absolute atomic E-state index is 12.9. The first-order valence-corrected chi connectivity index (χ1v) is 5.98. The summed E-state index contributed by atoms with van der Waals surface area (Å²) in [4.78, 5) is 0.0663. The van der Waals surface area contributed by atoms with E-state index in [9.17, 15) is 12.8 Å². The third kappa shape index (κ3) is 2.77. The molecule has 0 aromatic heterocycles. The molecule has 0 aliphatic carbocycles. The Balaban J connectivity index is 3.07. The minimum atomic E-state index is -3.45. The molecule has 15 heavy (non-hydrogen) atoms. The minimum Gasteiger partial charge on any atom is -0.224 e. The SMILES string of the molecule is Cc1cc(S(=O)(=O)CCC#N)ccc1F. The van der Waals surface area contributed by atoms with Gasteiger partial charge < -0.3 is 0 Å². The second-order valence-electron chi connectivity index (χ2n) is 3.14. The van der Waals surface area contributed by atoms with E-state index in [4.69, 9.17) is 5.26 Å². The summed E-state index contributed by atoms with van der Waals surface area (Å²) >= 11 is 0. The van der Waals surface area contributed by atoms with Crippen LogP contribution in [-0.4, -0.2) is 14.2 Å². The van der Waals surface area contributed by atoms with Gasteiger partial charge in [0.1, 0.15) is 5.82 Å². The number of nitriles is 1. The molecule has 0 aliphatic rings. The van der Waals surface area contributed by atoms with E-state index >= 15 is 0 Å². The maximum atomic E-state index is 12.9. The number of sulfone groups is 1. The van der Waals surface area contributed by atoms with E-state index in [-0.39, 0.29) is 22.6 Å². The van der Waals surface area contributed by atoms with E-state index in [1.165, 1.54) is 19.1 Å². The molecule has 0 spiro atoms. The van der Waals surface area contributed by atoms with Crippen molar-refractivity contribution < 1.29 is 12.8 Å². The lowest BCUT2D eigenvalue weighted by atomic mass is 10.2. The topological polar surface area (TPSA) is 57.9 Å². The van der Waals surface area contributed by atoms with Crippen LogP contribution in [0.2, 0.25) is 0 Å². The predicted octanol–water partition coefficient (Wildman–Crippen LogP) is 1.82. The van der Waals surface area contributed by atoms with Crippen molar-refractivity contribution in [3.05, 3.63) is 29.6 Å². The van der Waals surface area contributed by atoms with Gasteiger partial charge in [-0.15, -0.1) is 0 Å². The molecule has 0 heterocycles. The van der Waals surface area contributed by atoms with Crippen LogP contribution in [0.15, 0.2) is 23.1 Å². The van der Waals surface area contributed by atoms with Gasteiger partial charge in [-0.3, -0.25) is 0 Å². The van der Waals surface area contributed by atoms with E-state index in [1.54, 1.807) is 6.07 Å². The summed E-state index contributed by atoms with van der Waals surface area (Å²) in [6.45, 7) is 1.50. The van der Waals surface area contributed by atoms with Crippen molar-refractivity contribution in [1.29, 1.82) is 5.26 Å². The van der Waals surface area contributed by atoms with Gasteiger partial charge in [0.15, 0.2) is 9.84 Å². The molecule has 1 aromatic rings. The van der Waals surface area contributed by atoms with Gasteiger partial charge in [0.2, 0.25) is 0 Å². The lowest BCUT2D eigenvalue weighted by molar-refractivity contribution is 0.593. The summed E-state index contributed by atoms with van der Waals surface area (Å²) in [5, 5.41) is 8.30. The fourth-order valence-electron chi connectivity index (χ4n) is 1.11. The minimum absolute atomic E-state index is 0.0568. The fraction of sp³-hybridized carbons (Fsp3) is 0.300. The van der Waals surface area contributed by atoms with Gasteiger partial charge in [-0.25, -0.2) is 12.8 Å². The molecular weight excluding hydrogens is 217 g/mol. The second kappa shape index (κ2) is 4.41. The molecule has 1 aromatic carbocycles. The van der Waals surface area contributed by atoms with E-state index in [1.807, 2.05) is 0 Å². The summed E-state index contributed by atoms with van der Waals surface area (Å²) < 4.78 is 36.1. The maximum Gasteiger partial charge on any atom is 0.179 e. The molecular formula is C10H10FNO2S. The smallest absolute Gasteiger partial charge is 0.179 e. The van der Waals surface area contributed by atoms with Crippen molar-refractivity contribution in [1.82, 2.24) is 0 Å². The molecule has 0 saturated heterocycles. The number of rotatable bonds is 3. The van der Waals surface area contributed by atoms with Gasteiger partial charge in [-0.2, -0.15) is 5.26 Å². The lowest BCUT2D eigenvalue weighted by Crippen LogP contribution is -2.06. The highest BCUT2D eigenvalue weighted by molar-refractivity contribution is 7.91. The molecule has 1 rings (SSSR count). The van der Waals surface area contributed by atoms with E-state index in [0.29, 0.717) is 0 Å². The first-order valence-electron chi connectivity index (χ1n) is 4.33. The van der Waals surface area contributed by atoms with Gasteiger partial charge in [-0.05, 0) is 30.7 Å². The zero-order valence-corrected chi connectivity index (χ0v) is 9.01. The van der Waals surface area contributed by atoms with Crippen LogP contribution in [0, 0.1) is 24.1 Å². The van der Waals surface area contributed by atoms with Gasteiger partial charge >= 0.3 is 0 Å². The summed E-state index contributed by atoms with van der Waals surface area (Å²) in [5.74, 6) is -0.664. The molecule has 0 radical (unpaired) electrons. The zero-order chi connectivity index (χ0) is 11.5. The van der Waals surface area contributed by atoms with Crippen LogP contribution in [0.3, 0.4) is 0 Å². The monoisotopic (exact) mass is 227 g/mol. The number of hydrogen-bond acceptors (Lipinski definition) is 3. The van der Waals surface area contributed by atoms with Crippen LogP contribution in [-0.2, 0) is 9.84 Å². The van der Waals surface area contributed by atoms with E-state index < -0.39 is 15.7 Å². The Morgan fingerprint density at radius 2 is 2.13 bits per heavy atom. The van der Waals surface area contributed by atoms with Crippen molar-refractivity contribution in [2.45, 2.75) is 18.2 Å². The molecule has 0 atom stereocenters. The number of aryl methyl sites for hydroxylation is 1. The van der Waals surface area contributed by atoms with Gasteiger partial charge in [0.05, 0.1) is 16.7 Å². The largest absolute Gasteiger partial charge is 0.224 e. The average molecular weight is 227 g/mol. The standard InChI is InChI=1S/C10H10FNO2S/c1-8-7-9(3-4-10(8)11)15(13,14)6-2-5-12/h3-4,7H,2,6H2,1H3. The van der Waals surface area contributed by atoms with Gasteiger partial charge in [-0.1, -0.05) is 0 Å². The number of benzene rings is 1. The first kappa shape index (κ1) is 11.7. The Hall–Kier alpha value is -1.41. The van der Waals surface area contributed by atoms with Crippen molar-refractivity contribution in [2.75, 3.05) is 5.75 Å². The predicted molar refractivity (Wildman–Crippen MR) is 53.4 cm³/mol. The van der Waals surface area contributed by atoms with Crippen molar-refractivity contribution >= 4 is 9.84 Å². The van der Waals surface area contributed by atoms with Crippen molar-refractivity contribution in [2.24, 2.45) is 0 Å². The van der Waals surface area contributed by atoms with Crippen molar-refractivity contribution in [3.8, 4) is 6.07 Å². The van der Waals surface area contributed by atoms with E-state index in [0.717, 1.165) is 6.07 Å². The average Bonchev–Trinajstić information content (AvgIpc) is 2.19. The summed E-state index contributed by atoms with van der Waals surface area (Å²) in [6, 6.07) is 5.38. The summed E-state index contributed by atoms with van der Waals surface area (Å²) in [6.07, 6.45) is -0.0568. The highest BCUT2D eigenvalue weighted by Crippen LogP contribution is 2.16. The third-order valence-corrected chi connectivity index (χ3v) is 3.68. The second-order valence-corrected chi connectivity index (χ2v) is 5.25. The van der Waals surface area contributed by atoms with Crippen LogP contribution in [0.1, 0.15) is 12.0 Å². The molecule has 80 valence electrons. The number of halogens is 1. The molecule has 5 heteroatoms. The zero-order valence-electron chi connectivity index (χ0n) is 8.20. The molecule has 0 saturated carbocycles. The molecule has 0 N–H and O–H groups in total. The molecule has 3 nitrogen and oxygen atoms in total. The Morgan fingerprint density at radius 3 is 2.67 bits per heavy atom. The van der Waals surface area contributed by atoms with Gasteiger partial charge in [0, 0.05) is 6.42 Å². The highest BCUT2D eigenvalue weighted by atomic mass is 32.2. The first-order chi connectivity index (χ1) is 6.97. The Morgan fingerprint density at radius 1 is 1.47 bits per heavy atom. The van der Waals surface area contributed by atoms with Crippen LogP contribution in [0.4, 0.5) is 4.39 Å². The molecule has 0 fully saturated rings. The molecule has 0 amide bonds. The van der Waals surface area contributed by atoms with Crippen LogP contribution in [0.5, 0.6) is 0 Å². The molecule has 0 bridgehead atoms. The fourth-order valence-corrected chi connectivity index (χ4v) is 2.34. The Bertz CT molecular complexity index is 503. The lowest BCUT2D eigenvalue weighted by Gasteiger charge is -2.03. The van der Waals surface area contributed by atoms with Crippen LogP contribution in [0.25, 0.3) is 0 Å². The number of nitrogens with zero attached hydrogens (tertiary/aromatic N) is 1. The molecule has 0 aliphatic heterocycles. The number of hydrogen-bond donors (Lipinski definition) is 0. The van der Waals surface area contributed by atoms with Crippen LogP contribution >= 0.6 is 0 Å². The highest BCUT2D eigenvalue weighted by Gasteiger charge is 2.14. The quantitative estimate of drug-likeness (QED) is 0.740. The summed E-state index contributed by atoms with van der Waals surface area (Å²) in [5.41, 5.74) is 0.285. The van der Waals surface area contributed by atoms with Crippen LogP contribution < -0.4 is 0 Å². The van der Waals surface area contributed by atoms with E-state index in [2.05, 4.69) is 0 Å². The molecule has 0 unspecified atom stereocenters. The normalized spacial score (nSPS) is 11.0. The summed E-state index contributed by atoms with van der Waals surface area (Å²) in [7, 11) is -3.45. The Kier molecular flexibility index (Phi) is 3.43.